The van der Waals surface area contributed by atoms with Crippen molar-refractivity contribution in [3.63, 3.8) is 0 Å². The average Bonchev–Trinajstić information content (AvgIpc) is 2.60. The van der Waals surface area contributed by atoms with Crippen LogP contribution in [0.3, 0.4) is 0 Å². The largest absolute Gasteiger partial charge is 0.459 e. The van der Waals surface area contributed by atoms with Crippen molar-refractivity contribution in [2.24, 2.45) is 5.73 Å². The molecule has 0 amide bonds. The minimum Gasteiger partial charge on any atom is -0.459 e. The molecule has 1 heterocycles. The lowest BCUT2D eigenvalue weighted by Crippen LogP contribution is -2.02. The monoisotopic (exact) mass is 189 g/mol. The van der Waals surface area contributed by atoms with Crippen molar-refractivity contribution >= 4 is 11.0 Å². The fourth-order valence-electron chi connectivity index (χ4n) is 1.67. The van der Waals surface area contributed by atoms with Crippen LogP contribution in [0.25, 0.3) is 11.0 Å². The Bertz CT molecular complexity index is 443. The maximum Gasteiger partial charge on any atom is 0.134 e. The molecule has 0 aliphatic heterocycles. The van der Waals surface area contributed by atoms with Gasteiger partial charge in [-0.3, -0.25) is 0 Å². The van der Waals surface area contributed by atoms with Gasteiger partial charge in [0.15, 0.2) is 0 Å². The van der Waals surface area contributed by atoms with Crippen molar-refractivity contribution in [1.29, 1.82) is 0 Å². The van der Waals surface area contributed by atoms with Crippen molar-refractivity contribution in [2.75, 3.05) is 0 Å². The second-order valence-electron chi connectivity index (χ2n) is 3.62. The first-order chi connectivity index (χ1) is 6.72. The van der Waals surface area contributed by atoms with Gasteiger partial charge in [-0.05, 0) is 31.0 Å². The second kappa shape index (κ2) is 3.46. The second-order valence-corrected chi connectivity index (χ2v) is 3.62. The van der Waals surface area contributed by atoms with Crippen LogP contribution in [0.4, 0.5) is 0 Å². The highest BCUT2D eigenvalue weighted by Crippen LogP contribution is 2.25. The molecule has 2 aromatic rings. The standard InChI is InChI=1S/C12H15NO/c1-3-9-5-4-6-11-10(9)7-12(14-11)8(2)13/h4-8H,3,13H2,1-2H3. The van der Waals surface area contributed by atoms with Gasteiger partial charge in [-0.2, -0.15) is 0 Å². The van der Waals surface area contributed by atoms with Gasteiger partial charge in [-0.25, -0.2) is 0 Å². The molecule has 1 aromatic heterocycles. The van der Waals surface area contributed by atoms with Gasteiger partial charge in [0.25, 0.3) is 0 Å². The first-order valence-corrected chi connectivity index (χ1v) is 4.99. The highest BCUT2D eigenvalue weighted by Gasteiger charge is 2.09. The molecule has 1 aromatic carbocycles. The summed E-state index contributed by atoms with van der Waals surface area (Å²) in [5, 5.41) is 1.20. The lowest BCUT2D eigenvalue weighted by atomic mass is 10.1. The normalized spacial score (nSPS) is 13.4. The predicted octanol–water partition coefficient (Wildman–Crippen LogP) is 3.01. The van der Waals surface area contributed by atoms with E-state index in [2.05, 4.69) is 19.1 Å². The number of nitrogens with two attached hydrogens (primary N) is 1. The maximum atomic E-state index is 5.78. The third kappa shape index (κ3) is 1.42. The Morgan fingerprint density at radius 2 is 2.21 bits per heavy atom. The third-order valence-electron chi connectivity index (χ3n) is 2.50. The number of furan rings is 1. The quantitative estimate of drug-likeness (QED) is 0.788. The van der Waals surface area contributed by atoms with Gasteiger partial charge >= 0.3 is 0 Å². The van der Waals surface area contributed by atoms with Crippen LogP contribution in [0.15, 0.2) is 28.7 Å². The van der Waals surface area contributed by atoms with Crippen LogP contribution in [0.2, 0.25) is 0 Å². The Hall–Kier alpha value is -1.28. The van der Waals surface area contributed by atoms with Crippen molar-refractivity contribution in [2.45, 2.75) is 26.3 Å². The molecule has 0 saturated heterocycles. The summed E-state index contributed by atoms with van der Waals surface area (Å²) in [4.78, 5) is 0. The third-order valence-corrected chi connectivity index (χ3v) is 2.50. The molecule has 0 bridgehead atoms. The summed E-state index contributed by atoms with van der Waals surface area (Å²) in [5.74, 6) is 0.862. The molecule has 0 aliphatic carbocycles. The number of hydrogen-bond acceptors (Lipinski definition) is 2. The smallest absolute Gasteiger partial charge is 0.134 e. The molecular formula is C12H15NO. The van der Waals surface area contributed by atoms with E-state index in [0.29, 0.717) is 0 Å². The van der Waals surface area contributed by atoms with Crippen LogP contribution in [0, 0.1) is 0 Å². The van der Waals surface area contributed by atoms with Gasteiger partial charge in [-0.1, -0.05) is 19.1 Å². The van der Waals surface area contributed by atoms with Crippen LogP contribution in [0.5, 0.6) is 0 Å². The maximum absolute atomic E-state index is 5.78. The zero-order valence-corrected chi connectivity index (χ0v) is 8.58. The summed E-state index contributed by atoms with van der Waals surface area (Å²) in [6.45, 7) is 4.08. The van der Waals surface area contributed by atoms with E-state index in [0.717, 1.165) is 17.8 Å². The molecular weight excluding hydrogens is 174 g/mol. The molecule has 0 radical (unpaired) electrons. The van der Waals surface area contributed by atoms with Gasteiger partial charge < -0.3 is 10.2 Å². The first kappa shape index (κ1) is 9.28. The van der Waals surface area contributed by atoms with Crippen molar-refractivity contribution < 1.29 is 4.42 Å². The van der Waals surface area contributed by atoms with Crippen molar-refractivity contribution in [1.82, 2.24) is 0 Å². The lowest BCUT2D eigenvalue weighted by Gasteiger charge is -1.96. The summed E-state index contributed by atoms with van der Waals surface area (Å²) < 4.78 is 5.65. The van der Waals surface area contributed by atoms with Gasteiger partial charge in [0, 0.05) is 5.39 Å². The number of benzene rings is 1. The summed E-state index contributed by atoms with van der Waals surface area (Å²) in [6.07, 6.45) is 1.02. The van der Waals surface area contributed by atoms with Crippen molar-refractivity contribution in [3.8, 4) is 0 Å². The predicted molar refractivity (Wildman–Crippen MR) is 58.2 cm³/mol. The fraction of sp³-hybridized carbons (Fsp3) is 0.333. The zero-order chi connectivity index (χ0) is 10.1. The summed E-state index contributed by atoms with van der Waals surface area (Å²) >= 11 is 0. The highest BCUT2D eigenvalue weighted by atomic mass is 16.3. The van der Waals surface area contributed by atoms with Gasteiger partial charge in [-0.15, -0.1) is 0 Å². The topological polar surface area (TPSA) is 39.2 Å². The molecule has 2 nitrogen and oxygen atoms in total. The highest BCUT2D eigenvalue weighted by molar-refractivity contribution is 5.81. The number of rotatable bonds is 2. The fourth-order valence-corrected chi connectivity index (χ4v) is 1.67. The van der Waals surface area contributed by atoms with Crippen LogP contribution in [-0.4, -0.2) is 0 Å². The van der Waals surface area contributed by atoms with Gasteiger partial charge in [0.05, 0.1) is 6.04 Å². The SMILES string of the molecule is CCc1cccc2oc(C(C)N)cc12. The van der Waals surface area contributed by atoms with E-state index in [1.54, 1.807) is 0 Å². The average molecular weight is 189 g/mol. The van der Waals surface area contributed by atoms with E-state index in [1.807, 2.05) is 19.1 Å². The minimum absolute atomic E-state index is 0.0351. The molecule has 14 heavy (non-hydrogen) atoms. The summed E-state index contributed by atoms with van der Waals surface area (Å²) in [7, 11) is 0. The van der Waals surface area contributed by atoms with E-state index in [4.69, 9.17) is 10.2 Å². The molecule has 0 aliphatic rings. The Balaban J connectivity index is 2.64. The Morgan fingerprint density at radius 3 is 2.86 bits per heavy atom. The van der Waals surface area contributed by atoms with Crippen LogP contribution < -0.4 is 5.73 Å². The summed E-state index contributed by atoms with van der Waals surface area (Å²) in [6, 6.07) is 8.16. The van der Waals surface area contributed by atoms with Gasteiger partial charge in [0.2, 0.25) is 0 Å². The molecule has 74 valence electrons. The Labute approximate surface area is 83.7 Å². The van der Waals surface area contributed by atoms with E-state index < -0.39 is 0 Å². The van der Waals surface area contributed by atoms with Crippen LogP contribution in [-0.2, 0) is 6.42 Å². The van der Waals surface area contributed by atoms with E-state index in [-0.39, 0.29) is 6.04 Å². The number of fused-ring (bicyclic) bond motifs is 1. The molecule has 0 saturated carbocycles. The minimum atomic E-state index is -0.0351. The molecule has 2 rings (SSSR count). The zero-order valence-electron chi connectivity index (χ0n) is 8.58. The molecule has 0 spiro atoms. The van der Waals surface area contributed by atoms with E-state index >= 15 is 0 Å². The van der Waals surface area contributed by atoms with E-state index in [1.165, 1.54) is 10.9 Å². The summed E-state index contributed by atoms with van der Waals surface area (Å²) in [5.41, 5.74) is 8.03. The Kier molecular flexibility index (Phi) is 2.30. The van der Waals surface area contributed by atoms with E-state index in [9.17, 15) is 0 Å². The van der Waals surface area contributed by atoms with Crippen LogP contribution in [0.1, 0.15) is 31.2 Å². The molecule has 2 N–H and O–H groups in total. The molecule has 2 heteroatoms. The molecule has 0 fully saturated rings. The first-order valence-electron chi connectivity index (χ1n) is 4.99. The number of aryl methyl sites for hydroxylation is 1. The number of hydrogen-bond donors (Lipinski definition) is 1. The van der Waals surface area contributed by atoms with Crippen LogP contribution >= 0.6 is 0 Å². The molecule has 1 atom stereocenters. The van der Waals surface area contributed by atoms with Gasteiger partial charge in [0.1, 0.15) is 11.3 Å². The lowest BCUT2D eigenvalue weighted by molar-refractivity contribution is 0.513. The van der Waals surface area contributed by atoms with Crippen molar-refractivity contribution in [3.05, 3.63) is 35.6 Å². The molecule has 1 unspecified atom stereocenters. The Morgan fingerprint density at radius 1 is 1.43 bits per heavy atom.